The predicted molar refractivity (Wildman–Crippen MR) is 109 cm³/mol. The van der Waals surface area contributed by atoms with E-state index >= 15 is 0 Å². The van der Waals surface area contributed by atoms with E-state index in [1.165, 1.54) is 23.9 Å². The first kappa shape index (κ1) is 19.2. The molecule has 3 heterocycles. The molecule has 1 aliphatic heterocycles. The second-order valence-electron chi connectivity index (χ2n) is 6.48. The van der Waals surface area contributed by atoms with E-state index in [1.54, 1.807) is 16.9 Å². The SMILES string of the molecule is CSc1nccc(-c2cn(C3CCCCO3)nc2-c2cc(Cl)cc(N)c2F)n1. The molecule has 1 aromatic carbocycles. The minimum atomic E-state index is -0.556. The zero-order valence-corrected chi connectivity index (χ0v) is 16.8. The summed E-state index contributed by atoms with van der Waals surface area (Å²) in [6.45, 7) is 0.678. The number of anilines is 1. The summed E-state index contributed by atoms with van der Waals surface area (Å²) in [6.07, 6.45) is 8.15. The van der Waals surface area contributed by atoms with Crippen molar-refractivity contribution in [2.45, 2.75) is 30.6 Å². The molecule has 1 fully saturated rings. The third kappa shape index (κ3) is 3.72. The van der Waals surface area contributed by atoms with E-state index in [2.05, 4.69) is 15.1 Å². The average molecular weight is 420 g/mol. The molecule has 28 heavy (non-hydrogen) atoms. The van der Waals surface area contributed by atoms with Gasteiger partial charge in [-0.25, -0.2) is 19.0 Å². The largest absolute Gasteiger partial charge is 0.396 e. The molecule has 0 radical (unpaired) electrons. The molecule has 3 aromatic rings. The Labute approximate surface area is 171 Å². The Balaban J connectivity index is 1.89. The number of rotatable bonds is 4. The van der Waals surface area contributed by atoms with Gasteiger partial charge in [0.05, 0.1) is 11.4 Å². The number of nitrogens with two attached hydrogens (primary N) is 1. The Morgan fingerprint density at radius 3 is 2.93 bits per heavy atom. The summed E-state index contributed by atoms with van der Waals surface area (Å²) in [6, 6.07) is 4.69. The molecule has 6 nitrogen and oxygen atoms in total. The monoisotopic (exact) mass is 419 g/mol. The minimum Gasteiger partial charge on any atom is -0.396 e. The number of ether oxygens (including phenoxy) is 1. The Morgan fingerprint density at radius 1 is 1.32 bits per heavy atom. The maximum atomic E-state index is 14.9. The highest BCUT2D eigenvalue weighted by molar-refractivity contribution is 7.98. The predicted octanol–water partition coefficient (Wildman–Crippen LogP) is 4.80. The second-order valence-corrected chi connectivity index (χ2v) is 7.69. The fourth-order valence-electron chi connectivity index (χ4n) is 3.23. The molecule has 2 N–H and O–H groups in total. The van der Waals surface area contributed by atoms with Gasteiger partial charge >= 0.3 is 0 Å². The van der Waals surface area contributed by atoms with E-state index in [0.717, 1.165) is 19.3 Å². The van der Waals surface area contributed by atoms with Crippen molar-refractivity contribution in [3.8, 4) is 22.5 Å². The third-order valence-corrected chi connectivity index (χ3v) is 5.38. The second kappa shape index (κ2) is 8.06. The van der Waals surface area contributed by atoms with Gasteiger partial charge in [-0.15, -0.1) is 0 Å². The van der Waals surface area contributed by atoms with Gasteiger partial charge in [0, 0.05) is 35.2 Å². The number of hydrogen-bond donors (Lipinski definition) is 1. The Bertz CT molecular complexity index is 1010. The van der Waals surface area contributed by atoms with Gasteiger partial charge in [0.2, 0.25) is 0 Å². The van der Waals surface area contributed by atoms with Gasteiger partial charge in [-0.05, 0) is 43.7 Å². The molecule has 146 valence electrons. The van der Waals surface area contributed by atoms with Crippen molar-refractivity contribution >= 4 is 29.1 Å². The highest BCUT2D eigenvalue weighted by Crippen LogP contribution is 2.37. The van der Waals surface area contributed by atoms with Crippen LogP contribution in [-0.2, 0) is 4.74 Å². The molecular weight excluding hydrogens is 401 g/mol. The molecule has 4 rings (SSSR count). The van der Waals surface area contributed by atoms with Gasteiger partial charge in [0.15, 0.2) is 11.0 Å². The highest BCUT2D eigenvalue weighted by atomic mass is 35.5. The average Bonchev–Trinajstić information content (AvgIpc) is 3.16. The lowest BCUT2D eigenvalue weighted by atomic mass is 10.0. The van der Waals surface area contributed by atoms with Crippen LogP contribution in [0.25, 0.3) is 22.5 Å². The zero-order valence-electron chi connectivity index (χ0n) is 15.2. The maximum absolute atomic E-state index is 14.9. The van der Waals surface area contributed by atoms with E-state index in [0.29, 0.717) is 33.7 Å². The molecule has 1 atom stereocenters. The molecule has 2 aromatic heterocycles. The van der Waals surface area contributed by atoms with E-state index in [9.17, 15) is 4.39 Å². The molecule has 0 aliphatic carbocycles. The van der Waals surface area contributed by atoms with Gasteiger partial charge in [-0.3, -0.25) is 0 Å². The molecule has 0 spiro atoms. The van der Waals surface area contributed by atoms with Crippen molar-refractivity contribution in [1.29, 1.82) is 0 Å². The van der Waals surface area contributed by atoms with Gasteiger partial charge < -0.3 is 10.5 Å². The van der Waals surface area contributed by atoms with Crippen LogP contribution in [0.1, 0.15) is 25.5 Å². The zero-order chi connectivity index (χ0) is 19.7. The number of nitrogens with zero attached hydrogens (tertiary/aromatic N) is 4. The van der Waals surface area contributed by atoms with Crippen LogP contribution in [0.3, 0.4) is 0 Å². The fourth-order valence-corrected chi connectivity index (χ4v) is 3.81. The summed E-state index contributed by atoms with van der Waals surface area (Å²) >= 11 is 7.57. The first-order valence-corrected chi connectivity index (χ1v) is 10.5. The lowest BCUT2D eigenvalue weighted by molar-refractivity contribution is -0.0393. The van der Waals surface area contributed by atoms with Crippen LogP contribution in [0.4, 0.5) is 10.1 Å². The van der Waals surface area contributed by atoms with E-state index < -0.39 is 5.82 Å². The number of nitrogen functional groups attached to an aromatic ring is 1. The van der Waals surface area contributed by atoms with E-state index in [1.807, 2.05) is 12.5 Å². The quantitative estimate of drug-likeness (QED) is 0.371. The first-order valence-electron chi connectivity index (χ1n) is 8.90. The van der Waals surface area contributed by atoms with Crippen LogP contribution in [-0.4, -0.2) is 32.6 Å². The van der Waals surface area contributed by atoms with Crippen LogP contribution < -0.4 is 5.73 Å². The Morgan fingerprint density at radius 2 is 2.18 bits per heavy atom. The Hall–Kier alpha value is -2.16. The summed E-state index contributed by atoms with van der Waals surface area (Å²) in [5, 5.41) is 5.61. The summed E-state index contributed by atoms with van der Waals surface area (Å²) in [4.78, 5) is 8.76. The lowest BCUT2D eigenvalue weighted by Crippen LogP contribution is -2.18. The minimum absolute atomic E-state index is 0.0237. The molecule has 0 amide bonds. The van der Waals surface area contributed by atoms with Crippen LogP contribution >= 0.6 is 23.4 Å². The maximum Gasteiger partial charge on any atom is 0.187 e. The fraction of sp³-hybridized carbons (Fsp3) is 0.316. The number of hydrogen-bond acceptors (Lipinski definition) is 6. The van der Waals surface area contributed by atoms with Crippen molar-refractivity contribution in [2.24, 2.45) is 0 Å². The van der Waals surface area contributed by atoms with Gasteiger partial charge in [0.25, 0.3) is 0 Å². The molecule has 1 aliphatic rings. The number of benzene rings is 1. The molecular formula is C19H19ClFN5OS. The summed E-state index contributed by atoms with van der Waals surface area (Å²) in [5.74, 6) is -0.556. The number of aromatic nitrogens is 4. The summed E-state index contributed by atoms with van der Waals surface area (Å²) < 4.78 is 22.4. The first-order chi connectivity index (χ1) is 13.6. The van der Waals surface area contributed by atoms with Crippen molar-refractivity contribution in [2.75, 3.05) is 18.6 Å². The molecule has 0 bridgehead atoms. The number of halogens is 2. The van der Waals surface area contributed by atoms with Crippen LogP contribution in [0.5, 0.6) is 0 Å². The normalized spacial score (nSPS) is 17.0. The van der Waals surface area contributed by atoms with Crippen LogP contribution in [0, 0.1) is 5.82 Å². The van der Waals surface area contributed by atoms with Crippen molar-refractivity contribution in [1.82, 2.24) is 19.7 Å². The summed E-state index contributed by atoms with van der Waals surface area (Å²) in [7, 11) is 0. The van der Waals surface area contributed by atoms with Gasteiger partial charge in [0.1, 0.15) is 11.9 Å². The standard InChI is InChI=1S/C19H19ClFN5OS/c1-28-19-23-6-5-15(24-19)13-10-26(16-4-2-3-7-27-16)25-18(13)12-8-11(20)9-14(22)17(12)21/h5-6,8-10,16H,2-4,7,22H2,1H3. The van der Waals surface area contributed by atoms with Gasteiger partial charge in [-0.1, -0.05) is 23.4 Å². The smallest absolute Gasteiger partial charge is 0.187 e. The van der Waals surface area contributed by atoms with Crippen LogP contribution in [0.15, 0.2) is 35.7 Å². The van der Waals surface area contributed by atoms with E-state index in [-0.39, 0.29) is 17.5 Å². The molecule has 1 unspecified atom stereocenters. The lowest BCUT2D eigenvalue weighted by Gasteiger charge is -2.22. The van der Waals surface area contributed by atoms with Crippen molar-refractivity contribution < 1.29 is 9.13 Å². The van der Waals surface area contributed by atoms with Crippen molar-refractivity contribution in [3.63, 3.8) is 0 Å². The molecule has 9 heteroatoms. The molecule has 0 saturated carbocycles. The third-order valence-electron chi connectivity index (χ3n) is 4.60. The Kier molecular flexibility index (Phi) is 5.52. The number of thioether (sulfide) groups is 1. The molecule has 1 saturated heterocycles. The van der Waals surface area contributed by atoms with Gasteiger partial charge in [-0.2, -0.15) is 5.10 Å². The topological polar surface area (TPSA) is 78.8 Å². The van der Waals surface area contributed by atoms with Crippen molar-refractivity contribution in [3.05, 3.63) is 41.4 Å². The van der Waals surface area contributed by atoms with E-state index in [4.69, 9.17) is 22.1 Å². The summed E-state index contributed by atoms with van der Waals surface area (Å²) in [5.41, 5.74) is 7.75. The highest BCUT2D eigenvalue weighted by Gasteiger charge is 2.24. The van der Waals surface area contributed by atoms with Crippen LogP contribution in [0.2, 0.25) is 5.02 Å².